The highest BCUT2D eigenvalue weighted by molar-refractivity contribution is 5.94. The van der Waals surface area contributed by atoms with Crippen molar-refractivity contribution in [3.63, 3.8) is 0 Å². The predicted molar refractivity (Wildman–Crippen MR) is 95.2 cm³/mol. The summed E-state index contributed by atoms with van der Waals surface area (Å²) in [5.41, 5.74) is 9.53. The summed E-state index contributed by atoms with van der Waals surface area (Å²) < 4.78 is 16.5. The van der Waals surface area contributed by atoms with E-state index in [0.29, 0.717) is 23.6 Å². The van der Waals surface area contributed by atoms with E-state index in [1.54, 1.807) is 18.2 Å². The highest BCUT2D eigenvalue weighted by Gasteiger charge is 2.23. The Kier molecular flexibility index (Phi) is 4.58. The number of amides is 1. The molecule has 1 amide bonds. The van der Waals surface area contributed by atoms with Crippen LogP contribution >= 0.6 is 0 Å². The van der Waals surface area contributed by atoms with Gasteiger partial charge in [-0.1, -0.05) is 18.6 Å². The quantitative estimate of drug-likeness (QED) is 0.461. The number of anilines is 1. The lowest BCUT2D eigenvalue weighted by Gasteiger charge is -2.03. The molecule has 3 heterocycles. The third kappa shape index (κ3) is 3.22. The zero-order valence-corrected chi connectivity index (χ0v) is 14.8. The largest absolute Gasteiger partial charge is 0.454 e. The SMILES string of the molecule is CCCc1c(C(=O)N/N=C\c2ccc3c(c2)OCO3)nnn1-c1nonc1N. The van der Waals surface area contributed by atoms with E-state index in [0.717, 1.165) is 12.0 Å². The first-order valence-corrected chi connectivity index (χ1v) is 8.43. The third-order valence-electron chi connectivity index (χ3n) is 3.94. The Hall–Kier alpha value is -3.96. The van der Waals surface area contributed by atoms with Gasteiger partial charge < -0.3 is 15.2 Å². The fourth-order valence-corrected chi connectivity index (χ4v) is 2.66. The van der Waals surface area contributed by atoms with Gasteiger partial charge >= 0.3 is 0 Å². The van der Waals surface area contributed by atoms with Gasteiger partial charge in [0.15, 0.2) is 17.2 Å². The van der Waals surface area contributed by atoms with E-state index in [1.165, 1.54) is 10.9 Å². The second kappa shape index (κ2) is 7.34. The molecule has 0 aliphatic carbocycles. The molecular weight excluding hydrogens is 368 g/mol. The fraction of sp³-hybridized carbons (Fsp3) is 0.250. The lowest BCUT2D eigenvalue weighted by molar-refractivity contribution is 0.0949. The van der Waals surface area contributed by atoms with Gasteiger partial charge in [-0.05, 0) is 40.5 Å². The van der Waals surface area contributed by atoms with Crippen molar-refractivity contribution in [2.45, 2.75) is 19.8 Å². The molecule has 0 spiro atoms. The van der Waals surface area contributed by atoms with E-state index in [2.05, 4.69) is 35.8 Å². The molecule has 28 heavy (non-hydrogen) atoms. The number of nitrogens with zero attached hydrogens (tertiary/aromatic N) is 6. The molecular formula is C16H16N8O4. The van der Waals surface area contributed by atoms with Crippen molar-refractivity contribution in [2.24, 2.45) is 5.10 Å². The molecule has 3 aromatic rings. The molecule has 1 aliphatic heterocycles. The molecule has 1 aromatic carbocycles. The topological polar surface area (TPSA) is 156 Å². The van der Waals surface area contributed by atoms with Crippen LogP contribution in [0.5, 0.6) is 11.5 Å². The van der Waals surface area contributed by atoms with Crippen LogP contribution in [0.15, 0.2) is 27.9 Å². The number of carbonyl (C=O) groups excluding carboxylic acids is 1. The molecule has 1 aliphatic rings. The summed E-state index contributed by atoms with van der Waals surface area (Å²) in [4.78, 5) is 12.5. The van der Waals surface area contributed by atoms with E-state index in [-0.39, 0.29) is 24.1 Å². The van der Waals surface area contributed by atoms with Crippen molar-refractivity contribution >= 4 is 17.9 Å². The zero-order valence-electron chi connectivity index (χ0n) is 14.8. The van der Waals surface area contributed by atoms with Gasteiger partial charge in [0.25, 0.3) is 5.91 Å². The molecule has 0 radical (unpaired) electrons. The number of carbonyl (C=O) groups is 1. The molecule has 0 atom stereocenters. The number of nitrogen functional groups attached to an aromatic ring is 1. The van der Waals surface area contributed by atoms with E-state index in [4.69, 9.17) is 15.2 Å². The second-order valence-corrected chi connectivity index (χ2v) is 5.83. The summed E-state index contributed by atoms with van der Waals surface area (Å²) in [7, 11) is 0. The van der Waals surface area contributed by atoms with Crippen LogP contribution in [0.25, 0.3) is 5.82 Å². The van der Waals surface area contributed by atoms with Gasteiger partial charge in [-0.15, -0.1) is 5.10 Å². The Morgan fingerprint density at radius 2 is 2.21 bits per heavy atom. The van der Waals surface area contributed by atoms with Crippen molar-refractivity contribution in [3.05, 3.63) is 35.2 Å². The monoisotopic (exact) mass is 384 g/mol. The standard InChI is InChI=1S/C16H16N8O4/c1-2-3-10-13(19-23-24(10)15-14(17)21-28-22-15)16(25)20-18-7-9-4-5-11-12(6-9)27-8-26-11/h4-7H,2-3,8H2,1H3,(H2,17,21)(H,20,25)/b18-7-. The van der Waals surface area contributed by atoms with Gasteiger partial charge in [-0.25, -0.2) is 10.1 Å². The minimum Gasteiger partial charge on any atom is -0.454 e. The third-order valence-corrected chi connectivity index (χ3v) is 3.94. The first kappa shape index (κ1) is 17.5. The van der Waals surface area contributed by atoms with Gasteiger partial charge in [0.2, 0.25) is 18.4 Å². The molecule has 12 heteroatoms. The second-order valence-electron chi connectivity index (χ2n) is 5.83. The van der Waals surface area contributed by atoms with Crippen molar-refractivity contribution in [1.29, 1.82) is 0 Å². The number of ether oxygens (including phenoxy) is 2. The highest BCUT2D eigenvalue weighted by atomic mass is 16.7. The van der Waals surface area contributed by atoms with Crippen LogP contribution < -0.4 is 20.6 Å². The van der Waals surface area contributed by atoms with E-state index in [1.807, 2.05) is 6.92 Å². The number of aromatic nitrogens is 5. The molecule has 0 fully saturated rings. The number of fused-ring (bicyclic) bond motifs is 1. The first-order valence-electron chi connectivity index (χ1n) is 8.43. The maximum absolute atomic E-state index is 12.5. The Bertz CT molecular complexity index is 1040. The van der Waals surface area contributed by atoms with Gasteiger partial charge in [0, 0.05) is 0 Å². The van der Waals surface area contributed by atoms with Crippen LogP contribution in [-0.4, -0.2) is 44.2 Å². The minimum atomic E-state index is -0.512. The van der Waals surface area contributed by atoms with Gasteiger partial charge in [-0.2, -0.15) is 9.78 Å². The van der Waals surface area contributed by atoms with Gasteiger partial charge in [0.1, 0.15) is 0 Å². The Balaban J connectivity index is 1.52. The molecule has 0 bridgehead atoms. The molecule has 12 nitrogen and oxygen atoms in total. The minimum absolute atomic E-state index is 0.0510. The number of rotatable bonds is 6. The van der Waals surface area contributed by atoms with E-state index in [9.17, 15) is 4.79 Å². The molecule has 0 saturated carbocycles. The van der Waals surface area contributed by atoms with Crippen LogP contribution in [0.4, 0.5) is 5.82 Å². The fourth-order valence-electron chi connectivity index (χ4n) is 2.66. The first-order chi connectivity index (χ1) is 13.7. The smallest absolute Gasteiger partial charge is 0.293 e. The van der Waals surface area contributed by atoms with E-state index >= 15 is 0 Å². The van der Waals surface area contributed by atoms with Crippen LogP contribution in [0.2, 0.25) is 0 Å². The molecule has 144 valence electrons. The molecule has 4 rings (SSSR count). The number of hydrogen-bond donors (Lipinski definition) is 2. The maximum Gasteiger partial charge on any atom is 0.293 e. The summed E-state index contributed by atoms with van der Waals surface area (Å²) in [6.07, 6.45) is 2.76. The van der Waals surface area contributed by atoms with Crippen molar-refractivity contribution in [2.75, 3.05) is 12.5 Å². The van der Waals surface area contributed by atoms with Gasteiger partial charge in [-0.3, -0.25) is 4.79 Å². The summed E-state index contributed by atoms with van der Waals surface area (Å²) in [6, 6.07) is 5.33. The van der Waals surface area contributed by atoms with Crippen LogP contribution in [0.1, 0.15) is 35.1 Å². The lowest BCUT2D eigenvalue weighted by atomic mass is 10.2. The zero-order chi connectivity index (χ0) is 19.5. The summed E-state index contributed by atoms with van der Waals surface area (Å²) in [6.45, 7) is 2.15. The van der Waals surface area contributed by atoms with E-state index < -0.39 is 5.91 Å². The highest BCUT2D eigenvalue weighted by Crippen LogP contribution is 2.31. The molecule has 0 unspecified atom stereocenters. The Morgan fingerprint density at radius 1 is 1.36 bits per heavy atom. The summed E-state index contributed by atoms with van der Waals surface area (Å²) >= 11 is 0. The molecule has 0 saturated heterocycles. The molecule has 2 aromatic heterocycles. The van der Waals surface area contributed by atoms with Crippen molar-refractivity contribution in [1.82, 2.24) is 30.7 Å². The number of hydrazone groups is 1. The number of benzene rings is 1. The lowest BCUT2D eigenvalue weighted by Crippen LogP contribution is -2.20. The molecule has 3 N–H and O–H groups in total. The maximum atomic E-state index is 12.5. The van der Waals surface area contributed by atoms with Crippen molar-refractivity contribution < 1.29 is 18.9 Å². The summed E-state index contributed by atoms with van der Waals surface area (Å²) in [5, 5.41) is 19.1. The number of nitrogens with two attached hydrogens (primary N) is 1. The van der Waals surface area contributed by atoms with Crippen molar-refractivity contribution in [3.8, 4) is 17.3 Å². The Labute approximate surface area is 158 Å². The van der Waals surface area contributed by atoms with Gasteiger partial charge in [0.05, 0.1) is 11.9 Å². The van der Waals surface area contributed by atoms with Crippen LogP contribution in [-0.2, 0) is 6.42 Å². The average Bonchev–Trinajstić information content (AvgIpc) is 3.41. The number of nitrogens with one attached hydrogen (secondary N) is 1. The van der Waals surface area contributed by atoms with Crippen LogP contribution in [0.3, 0.4) is 0 Å². The van der Waals surface area contributed by atoms with Crippen LogP contribution in [0, 0.1) is 0 Å². The normalized spacial score (nSPS) is 12.6. The average molecular weight is 384 g/mol. The Morgan fingerprint density at radius 3 is 3.00 bits per heavy atom. The number of hydrogen-bond acceptors (Lipinski definition) is 10. The summed E-state index contributed by atoms with van der Waals surface area (Å²) in [5.74, 6) is 1.02. The predicted octanol–water partition coefficient (Wildman–Crippen LogP) is 0.678.